The van der Waals surface area contributed by atoms with Crippen LogP contribution in [0.15, 0.2) is 12.5 Å². The van der Waals surface area contributed by atoms with E-state index in [2.05, 4.69) is 22.5 Å². The van der Waals surface area contributed by atoms with Crippen LogP contribution in [-0.4, -0.2) is 46.2 Å². The highest BCUT2D eigenvalue weighted by Gasteiger charge is 2.36. The lowest BCUT2D eigenvalue weighted by Gasteiger charge is -2.37. The first kappa shape index (κ1) is 18.9. The largest absolute Gasteiger partial charge is 0.376 e. The molecule has 2 saturated carbocycles. The second kappa shape index (κ2) is 8.66. The molecule has 2 aliphatic carbocycles. The average molecular weight is 362 g/mol. The minimum Gasteiger partial charge on any atom is -0.376 e. The maximum Gasteiger partial charge on any atom is 0.269 e. The lowest BCUT2D eigenvalue weighted by Crippen LogP contribution is -2.51. The van der Waals surface area contributed by atoms with Gasteiger partial charge in [0.1, 0.15) is 5.69 Å². The monoisotopic (exact) mass is 362 g/mol. The second-order valence-electron chi connectivity index (χ2n) is 7.53. The van der Waals surface area contributed by atoms with E-state index in [0.717, 1.165) is 32.1 Å². The summed E-state index contributed by atoms with van der Waals surface area (Å²) in [6.07, 6.45) is 9.55. The number of carbonyl (C=O) groups is 2. The molecule has 0 aromatic carbocycles. The number of ether oxygens (including phenoxy) is 1. The Labute approximate surface area is 154 Å². The van der Waals surface area contributed by atoms with Crippen molar-refractivity contribution in [2.45, 2.75) is 70.1 Å². The predicted molar refractivity (Wildman–Crippen MR) is 97.6 cm³/mol. The molecule has 0 aliphatic heterocycles. The first-order valence-electron chi connectivity index (χ1n) is 9.77. The van der Waals surface area contributed by atoms with E-state index in [9.17, 15) is 9.59 Å². The number of hydrogen-bond acceptors (Lipinski definition) is 4. The van der Waals surface area contributed by atoms with Gasteiger partial charge in [0.2, 0.25) is 5.91 Å². The summed E-state index contributed by atoms with van der Waals surface area (Å²) in [6.45, 7) is 2.70. The Hall–Kier alpha value is -1.89. The van der Waals surface area contributed by atoms with Gasteiger partial charge < -0.3 is 19.9 Å². The Morgan fingerprint density at radius 3 is 2.69 bits per heavy atom. The zero-order valence-electron chi connectivity index (χ0n) is 15.7. The predicted octanol–water partition coefficient (Wildman–Crippen LogP) is 1.78. The molecule has 26 heavy (non-hydrogen) atoms. The number of carbonyl (C=O) groups excluding carboxylic acids is 2. The molecule has 3 rings (SSSR count). The van der Waals surface area contributed by atoms with E-state index in [-0.39, 0.29) is 29.9 Å². The lowest BCUT2D eigenvalue weighted by atomic mass is 9.82. The van der Waals surface area contributed by atoms with Crippen LogP contribution in [0.25, 0.3) is 0 Å². The first-order valence-corrected chi connectivity index (χ1v) is 9.77. The van der Waals surface area contributed by atoms with Gasteiger partial charge in [0.25, 0.3) is 5.91 Å². The number of rotatable bonds is 7. The molecular weight excluding hydrogens is 332 g/mol. The molecule has 0 radical (unpaired) electrons. The summed E-state index contributed by atoms with van der Waals surface area (Å²) in [4.78, 5) is 29.0. The minimum absolute atomic E-state index is 0.0256. The van der Waals surface area contributed by atoms with E-state index < -0.39 is 0 Å². The van der Waals surface area contributed by atoms with Crippen LogP contribution in [0.4, 0.5) is 0 Å². The SMILES string of the molecule is CCCO[C@@H]1C[C@@H](C(=O)NC2CCC2)CC[C@H]1NC(=O)c1cncn1C. The van der Waals surface area contributed by atoms with E-state index in [1.807, 2.05) is 0 Å². The molecular formula is C19H30N4O3. The molecule has 2 amide bonds. The van der Waals surface area contributed by atoms with Crippen LogP contribution in [0, 0.1) is 5.92 Å². The van der Waals surface area contributed by atoms with Gasteiger partial charge in [-0.2, -0.15) is 0 Å². The van der Waals surface area contributed by atoms with Crippen LogP contribution in [0.2, 0.25) is 0 Å². The third kappa shape index (κ3) is 4.44. The molecule has 0 unspecified atom stereocenters. The van der Waals surface area contributed by atoms with Crippen molar-refractivity contribution in [1.82, 2.24) is 20.2 Å². The highest BCUT2D eigenvalue weighted by molar-refractivity contribution is 5.92. The van der Waals surface area contributed by atoms with E-state index >= 15 is 0 Å². The van der Waals surface area contributed by atoms with Crippen molar-refractivity contribution in [1.29, 1.82) is 0 Å². The summed E-state index contributed by atoms with van der Waals surface area (Å²) in [5, 5.41) is 6.24. The Morgan fingerprint density at radius 1 is 1.27 bits per heavy atom. The van der Waals surface area contributed by atoms with Gasteiger partial charge in [-0.1, -0.05) is 6.92 Å². The number of nitrogens with zero attached hydrogens (tertiary/aromatic N) is 2. The molecule has 0 bridgehead atoms. The quantitative estimate of drug-likeness (QED) is 0.774. The third-order valence-electron chi connectivity index (χ3n) is 5.52. The van der Waals surface area contributed by atoms with Gasteiger partial charge in [-0.15, -0.1) is 0 Å². The Balaban J connectivity index is 1.59. The van der Waals surface area contributed by atoms with Gasteiger partial charge in [0, 0.05) is 25.6 Å². The van der Waals surface area contributed by atoms with Crippen LogP contribution in [0.3, 0.4) is 0 Å². The van der Waals surface area contributed by atoms with E-state index in [0.29, 0.717) is 24.8 Å². The molecule has 3 atom stereocenters. The van der Waals surface area contributed by atoms with E-state index in [1.54, 1.807) is 24.1 Å². The Morgan fingerprint density at radius 2 is 2.08 bits per heavy atom. The van der Waals surface area contributed by atoms with Crippen molar-refractivity contribution in [3.63, 3.8) is 0 Å². The number of nitrogens with one attached hydrogen (secondary N) is 2. The first-order chi connectivity index (χ1) is 12.6. The number of amides is 2. The second-order valence-corrected chi connectivity index (χ2v) is 7.53. The highest BCUT2D eigenvalue weighted by Crippen LogP contribution is 2.29. The van der Waals surface area contributed by atoms with Crippen molar-refractivity contribution >= 4 is 11.8 Å². The summed E-state index contributed by atoms with van der Waals surface area (Å²) in [5.41, 5.74) is 0.532. The molecule has 2 N–H and O–H groups in total. The van der Waals surface area contributed by atoms with Gasteiger partial charge in [0.15, 0.2) is 0 Å². The van der Waals surface area contributed by atoms with Crippen molar-refractivity contribution < 1.29 is 14.3 Å². The van der Waals surface area contributed by atoms with Crippen LogP contribution >= 0.6 is 0 Å². The minimum atomic E-state index is -0.141. The van der Waals surface area contributed by atoms with Crippen molar-refractivity contribution in [3.05, 3.63) is 18.2 Å². The van der Waals surface area contributed by atoms with Crippen LogP contribution in [0.1, 0.15) is 62.4 Å². The molecule has 1 heterocycles. The fourth-order valence-corrected chi connectivity index (χ4v) is 3.68. The fourth-order valence-electron chi connectivity index (χ4n) is 3.68. The summed E-state index contributed by atoms with van der Waals surface area (Å²) in [7, 11) is 1.80. The molecule has 2 aliphatic rings. The molecule has 2 fully saturated rings. The van der Waals surface area contributed by atoms with Gasteiger partial charge in [-0.25, -0.2) is 4.98 Å². The van der Waals surface area contributed by atoms with Crippen molar-refractivity contribution in [2.24, 2.45) is 13.0 Å². The third-order valence-corrected chi connectivity index (χ3v) is 5.52. The summed E-state index contributed by atoms with van der Waals surface area (Å²) in [6, 6.07) is 0.288. The smallest absolute Gasteiger partial charge is 0.269 e. The number of aromatic nitrogens is 2. The number of aryl methyl sites for hydroxylation is 1. The zero-order valence-corrected chi connectivity index (χ0v) is 15.7. The molecule has 7 heteroatoms. The van der Waals surface area contributed by atoms with Crippen molar-refractivity contribution in [2.75, 3.05) is 6.61 Å². The zero-order chi connectivity index (χ0) is 18.5. The molecule has 1 aromatic heterocycles. The Kier molecular flexibility index (Phi) is 6.29. The van der Waals surface area contributed by atoms with Crippen LogP contribution in [-0.2, 0) is 16.6 Å². The Bertz CT molecular complexity index is 626. The molecule has 1 aromatic rings. The van der Waals surface area contributed by atoms with Gasteiger partial charge in [0.05, 0.1) is 24.7 Å². The number of hydrogen-bond donors (Lipinski definition) is 2. The highest BCUT2D eigenvalue weighted by atomic mass is 16.5. The fraction of sp³-hybridized carbons (Fsp3) is 0.737. The topological polar surface area (TPSA) is 85.2 Å². The molecule has 7 nitrogen and oxygen atoms in total. The van der Waals surface area contributed by atoms with Gasteiger partial charge in [-0.3, -0.25) is 9.59 Å². The number of imidazole rings is 1. The molecule has 0 spiro atoms. The van der Waals surface area contributed by atoms with Crippen molar-refractivity contribution in [3.8, 4) is 0 Å². The summed E-state index contributed by atoms with van der Waals surface area (Å²) >= 11 is 0. The van der Waals surface area contributed by atoms with Crippen LogP contribution in [0.5, 0.6) is 0 Å². The van der Waals surface area contributed by atoms with Gasteiger partial charge in [-0.05, 0) is 44.9 Å². The summed E-state index contributed by atoms with van der Waals surface area (Å²) in [5.74, 6) is -0.0176. The molecule has 144 valence electrons. The van der Waals surface area contributed by atoms with Gasteiger partial charge >= 0.3 is 0 Å². The maximum atomic E-state index is 12.5. The average Bonchev–Trinajstić information content (AvgIpc) is 3.03. The standard InChI is InChI=1S/C19H30N4O3/c1-3-9-26-17-10-13(18(24)21-14-5-4-6-14)7-8-15(17)22-19(25)16-11-20-12-23(16)2/h11-15,17H,3-10H2,1-2H3,(H,21,24)(H,22,25)/t13-,15+,17+/m0/s1. The van der Waals surface area contributed by atoms with E-state index in [1.165, 1.54) is 6.42 Å². The summed E-state index contributed by atoms with van der Waals surface area (Å²) < 4.78 is 7.71. The van der Waals surface area contributed by atoms with Crippen LogP contribution < -0.4 is 10.6 Å². The van der Waals surface area contributed by atoms with E-state index in [4.69, 9.17) is 4.74 Å². The maximum absolute atomic E-state index is 12.5. The molecule has 0 saturated heterocycles. The lowest BCUT2D eigenvalue weighted by molar-refractivity contribution is -0.129. The normalized spacial score (nSPS) is 26.2.